The van der Waals surface area contributed by atoms with Gasteiger partial charge in [0.1, 0.15) is 28.7 Å². The Kier molecular flexibility index (Phi) is 5.24. The van der Waals surface area contributed by atoms with Crippen LogP contribution in [0.2, 0.25) is 0 Å². The monoisotopic (exact) mass is 460 g/mol. The molecule has 3 heterocycles. The van der Waals surface area contributed by atoms with Crippen molar-refractivity contribution in [3.63, 3.8) is 0 Å². The van der Waals surface area contributed by atoms with Gasteiger partial charge in [-0.25, -0.2) is 23.7 Å². The van der Waals surface area contributed by atoms with E-state index in [2.05, 4.69) is 20.3 Å². The van der Waals surface area contributed by atoms with Gasteiger partial charge in [-0.1, -0.05) is 0 Å². The first-order chi connectivity index (χ1) is 16.3. The van der Waals surface area contributed by atoms with Gasteiger partial charge in [-0.2, -0.15) is 0 Å². The van der Waals surface area contributed by atoms with Gasteiger partial charge in [-0.05, 0) is 50.2 Å². The average Bonchev–Trinajstić information content (AvgIpc) is 3.37. The molecule has 172 valence electrons. The van der Waals surface area contributed by atoms with E-state index in [9.17, 15) is 8.78 Å². The SMILES string of the molecule is COc1ccc(-c2nc3c(Nc4ccc(-n5cnc(C)c5)c(F)c4)nc(C)cc3n2C)c(F)c1. The van der Waals surface area contributed by atoms with Crippen molar-refractivity contribution in [2.24, 2.45) is 7.05 Å². The van der Waals surface area contributed by atoms with E-state index in [4.69, 9.17) is 4.74 Å². The lowest BCUT2D eigenvalue weighted by molar-refractivity contribution is 0.411. The number of benzene rings is 2. The average molecular weight is 460 g/mol. The van der Waals surface area contributed by atoms with E-state index in [-0.39, 0.29) is 0 Å². The minimum absolute atomic E-state index is 0.342. The van der Waals surface area contributed by atoms with Gasteiger partial charge in [-0.3, -0.25) is 0 Å². The second-order valence-electron chi connectivity index (χ2n) is 8.03. The van der Waals surface area contributed by atoms with Gasteiger partial charge in [0.05, 0.1) is 35.9 Å². The lowest BCUT2D eigenvalue weighted by Gasteiger charge is -2.10. The molecule has 1 N–H and O–H groups in total. The summed E-state index contributed by atoms with van der Waals surface area (Å²) in [5.41, 5.74) is 4.11. The van der Waals surface area contributed by atoms with Gasteiger partial charge in [-0.15, -0.1) is 0 Å². The summed E-state index contributed by atoms with van der Waals surface area (Å²) in [4.78, 5) is 13.4. The third kappa shape index (κ3) is 3.75. The topological polar surface area (TPSA) is 69.8 Å². The standard InChI is InChI=1S/C25H22F2N6O/c1-14-9-22-23(31-25(32(22)3)18-7-6-17(34-4)11-19(18)26)24(29-14)30-16-5-8-21(20(27)10-16)33-12-15(2)28-13-33/h5-13H,1-4H3,(H,29,30). The molecule has 0 saturated carbocycles. The number of fused-ring (bicyclic) bond motifs is 1. The van der Waals surface area contributed by atoms with E-state index in [1.807, 2.05) is 31.5 Å². The number of methoxy groups -OCH3 is 1. The van der Waals surface area contributed by atoms with Crippen molar-refractivity contribution in [3.8, 4) is 22.8 Å². The second-order valence-corrected chi connectivity index (χ2v) is 8.03. The zero-order valence-corrected chi connectivity index (χ0v) is 19.1. The van der Waals surface area contributed by atoms with Crippen LogP contribution in [0.3, 0.4) is 0 Å². The van der Waals surface area contributed by atoms with Crippen LogP contribution >= 0.6 is 0 Å². The van der Waals surface area contributed by atoms with Crippen LogP contribution in [0.5, 0.6) is 5.75 Å². The van der Waals surface area contributed by atoms with Gasteiger partial charge >= 0.3 is 0 Å². The molecule has 0 saturated heterocycles. The van der Waals surface area contributed by atoms with Crippen molar-refractivity contribution >= 4 is 22.5 Å². The molecule has 3 aromatic heterocycles. The molecule has 0 unspecified atom stereocenters. The van der Waals surface area contributed by atoms with Crippen LogP contribution in [0.1, 0.15) is 11.4 Å². The first-order valence-corrected chi connectivity index (χ1v) is 10.6. The Hall–Kier alpha value is -4.27. The summed E-state index contributed by atoms with van der Waals surface area (Å²) in [6.07, 6.45) is 3.32. The van der Waals surface area contributed by atoms with Crippen LogP contribution < -0.4 is 10.1 Å². The molecule has 0 amide bonds. The molecule has 34 heavy (non-hydrogen) atoms. The number of hydrogen-bond donors (Lipinski definition) is 1. The number of halogens is 2. The lowest BCUT2D eigenvalue weighted by Crippen LogP contribution is -2.00. The highest BCUT2D eigenvalue weighted by Gasteiger charge is 2.18. The molecule has 7 nitrogen and oxygen atoms in total. The van der Waals surface area contributed by atoms with Crippen molar-refractivity contribution in [2.75, 3.05) is 12.4 Å². The third-order valence-corrected chi connectivity index (χ3v) is 5.61. The largest absolute Gasteiger partial charge is 0.497 e. The van der Waals surface area contributed by atoms with E-state index < -0.39 is 11.6 Å². The summed E-state index contributed by atoms with van der Waals surface area (Å²) in [6.45, 7) is 3.70. The molecule has 5 rings (SSSR count). The molecule has 0 aliphatic rings. The Morgan fingerprint density at radius 1 is 0.941 bits per heavy atom. The fourth-order valence-electron chi connectivity index (χ4n) is 3.93. The van der Waals surface area contributed by atoms with E-state index in [1.54, 1.807) is 41.4 Å². The number of imidazole rings is 2. The number of anilines is 2. The number of ether oxygens (including phenoxy) is 1. The maximum atomic E-state index is 14.9. The molecule has 0 atom stereocenters. The predicted molar refractivity (Wildman–Crippen MR) is 127 cm³/mol. The summed E-state index contributed by atoms with van der Waals surface area (Å²) < 4.78 is 38.2. The quantitative estimate of drug-likeness (QED) is 0.377. The van der Waals surface area contributed by atoms with Crippen LogP contribution in [-0.4, -0.2) is 31.2 Å². The second kappa shape index (κ2) is 8.26. The van der Waals surface area contributed by atoms with Crippen LogP contribution in [0.25, 0.3) is 28.1 Å². The van der Waals surface area contributed by atoms with Crippen molar-refractivity contribution in [3.05, 3.63) is 78.0 Å². The number of nitrogens with zero attached hydrogens (tertiary/aromatic N) is 5. The zero-order chi connectivity index (χ0) is 24.0. The van der Waals surface area contributed by atoms with Crippen LogP contribution in [0, 0.1) is 25.5 Å². The maximum absolute atomic E-state index is 14.9. The molecule has 0 aliphatic carbocycles. The Morgan fingerprint density at radius 2 is 1.76 bits per heavy atom. The number of hydrogen-bond acceptors (Lipinski definition) is 5. The zero-order valence-electron chi connectivity index (χ0n) is 19.1. The van der Waals surface area contributed by atoms with E-state index in [0.717, 1.165) is 16.9 Å². The highest BCUT2D eigenvalue weighted by atomic mass is 19.1. The number of aryl methyl sites for hydroxylation is 3. The third-order valence-electron chi connectivity index (χ3n) is 5.61. The molecule has 0 bridgehead atoms. The van der Waals surface area contributed by atoms with Crippen molar-refractivity contribution in [1.82, 2.24) is 24.1 Å². The van der Waals surface area contributed by atoms with E-state index >= 15 is 0 Å². The number of rotatable bonds is 5. The Morgan fingerprint density at radius 3 is 2.44 bits per heavy atom. The Bertz CT molecular complexity index is 1540. The van der Waals surface area contributed by atoms with Crippen molar-refractivity contribution in [1.29, 1.82) is 0 Å². The molecule has 0 spiro atoms. The first kappa shape index (κ1) is 21.6. The maximum Gasteiger partial charge on any atom is 0.158 e. The van der Waals surface area contributed by atoms with Gasteiger partial charge in [0, 0.05) is 30.7 Å². The van der Waals surface area contributed by atoms with Gasteiger partial charge < -0.3 is 19.2 Å². The normalized spacial score (nSPS) is 11.2. The van der Waals surface area contributed by atoms with Gasteiger partial charge in [0.15, 0.2) is 5.82 Å². The van der Waals surface area contributed by atoms with Crippen LogP contribution in [-0.2, 0) is 7.05 Å². The van der Waals surface area contributed by atoms with E-state index in [0.29, 0.717) is 39.8 Å². The highest BCUT2D eigenvalue weighted by Crippen LogP contribution is 2.32. The van der Waals surface area contributed by atoms with Crippen molar-refractivity contribution < 1.29 is 13.5 Å². The summed E-state index contributed by atoms with van der Waals surface area (Å²) in [5.74, 6) is 0.480. The number of nitrogens with one attached hydrogen (secondary N) is 1. The summed E-state index contributed by atoms with van der Waals surface area (Å²) in [6, 6.07) is 11.3. The molecule has 0 fully saturated rings. The predicted octanol–water partition coefficient (Wildman–Crippen LogP) is 5.47. The van der Waals surface area contributed by atoms with Gasteiger partial charge in [0.25, 0.3) is 0 Å². The van der Waals surface area contributed by atoms with Crippen LogP contribution in [0.4, 0.5) is 20.3 Å². The number of aromatic nitrogens is 5. The minimum Gasteiger partial charge on any atom is -0.497 e. The molecule has 5 aromatic rings. The number of pyridine rings is 1. The highest BCUT2D eigenvalue weighted by molar-refractivity contribution is 5.91. The van der Waals surface area contributed by atoms with Crippen molar-refractivity contribution in [2.45, 2.75) is 13.8 Å². The van der Waals surface area contributed by atoms with Crippen LogP contribution in [0.15, 0.2) is 55.0 Å². The fourth-order valence-corrected chi connectivity index (χ4v) is 3.93. The molecule has 9 heteroatoms. The van der Waals surface area contributed by atoms with E-state index in [1.165, 1.54) is 19.2 Å². The Labute approximate surface area is 194 Å². The summed E-state index contributed by atoms with van der Waals surface area (Å²) in [7, 11) is 3.31. The first-order valence-electron chi connectivity index (χ1n) is 10.6. The molecular weight excluding hydrogens is 438 g/mol. The molecular formula is C25H22F2N6O. The Balaban J connectivity index is 1.56. The fraction of sp³-hybridized carbons (Fsp3) is 0.160. The molecule has 0 aliphatic heterocycles. The minimum atomic E-state index is -0.440. The lowest BCUT2D eigenvalue weighted by atomic mass is 10.2. The molecule has 2 aromatic carbocycles. The summed E-state index contributed by atoms with van der Waals surface area (Å²) >= 11 is 0. The molecule has 0 radical (unpaired) electrons. The summed E-state index contributed by atoms with van der Waals surface area (Å²) in [5, 5.41) is 3.17. The smallest absolute Gasteiger partial charge is 0.158 e. The van der Waals surface area contributed by atoms with Gasteiger partial charge in [0.2, 0.25) is 0 Å².